The highest BCUT2D eigenvalue weighted by Crippen LogP contribution is 2.18. The molecule has 0 aliphatic carbocycles. The van der Waals surface area contributed by atoms with Gasteiger partial charge in [0.15, 0.2) is 0 Å². The SMILES string of the molecule is COc1ccccc1CCCNC(=O)CSCc1ccc(F)cc1. The Morgan fingerprint density at radius 3 is 2.67 bits per heavy atom. The van der Waals surface area contributed by atoms with Crippen molar-refractivity contribution in [3.8, 4) is 5.75 Å². The van der Waals surface area contributed by atoms with Crippen LogP contribution in [0.15, 0.2) is 48.5 Å². The van der Waals surface area contributed by atoms with Gasteiger partial charge in [0.05, 0.1) is 12.9 Å². The van der Waals surface area contributed by atoms with Crippen LogP contribution in [0.1, 0.15) is 17.5 Å². The zero-order chi connectivity index (χ0) is 17.2. The second kappa shape index (κ2) is 9.98. The Labute approximate surface area is 146 Å². The minimum absolute atomic E-state index is 0.0298. The Morgan fingerprint density at radius 1 is 1.17 bits per heavy atom. The molecule has 0 radical (unpaired) electrons. The molecule has 0 aliphatic heterocycles. The van der Waals surface area contributed by atoms with Crippen LogP contribution in [-0.2, 0) is 17.0 Å². The summed E-state index contributed by atoms with van der Waals surface area (Å²) in [5.41, 5.74) is 2.17. The van der Waals surface area contributed by atoms with E-state index in [0.717, 1.165) is 29.7 Å². The van der Waals surface area contributed by atoms with E-state index in [1.807, 2.05) is 24.3 Å². The summed E-state index contributed by atoms with van der Waals surface area (Å²) >= 11 is 1.53. The number of ether oxygens (including phenoxy) is 1. The van der Waals surface area contributed by atoms with Gasteiger partial charge in [-0.05, 0) is 42.2 Å². The molecule has 5 heteroatoms. The highest BCUT2D eigenvalue weighted by atomic mass is 32.2. The van der Waals surface area contributed by atoms with Crippen LogP contribution in [0.4, 0.5) is 4.39 Å². The number of rotatable bonds is 9. The first-order valence-electron chi connectivity index (χ1n) is 7.90. The lowest BCUT2D eigenvalue weighted by molar-refractivity contribution is -0.118. The molecule has 0 bridgehead atoms. The molecule has 0 fully saturated rings. The normalized spacial score (nSPS) is 10.4. The zero-order valence-corrected chi connectivity index (χ0v) is 14.6. The van der Waals surface area contributed by atoms with Crippen molar-refractivity contribution in [3.05, 3.63) is 65.5 Å². The summed E-state index contributed by atoms with van der Waals surface area (Å²) in [6.07, 6.45) is 1.74. The monoisotopic (exact) mass is 347 g/mol. The molecule has 0 atom stereocenters. The highest BCUT2D eigenvalue weighted by molar-refractivity contribution is 7.99. The van der Waals surface area contributed by atoms with Crippen LogP contribution >= 0.6 is 11.8 Å². The molecule has 0 heterocycles. The number of methoxy groups -OCH3 is 1. The van der Waals surface area contributed by atoms with Crippen molar-refractivity contribution in [1.82, 2.24) is 5.32 Å². The summed E-state index contributed by atoms with van der Waals surface area (Å²) in [5, 5.41) is 2.93. The van der Waals surface area contributed by atoms with Crippen LogP contribution in [0.2, 0.25) is 0 Å². The molecule has 0 aliphatic rings. The molecule has 24 heavy (non-hydrogen) atoms. The van der Waals surface area contributed by atoms with E-state index >= 15 is 0 Å². The molecule has 1 amide bonds. The van der Waals surface area contributed by atoms with Crippen molar-refractivity contribution in [2.24, 2.45) is 0 Å². The third-order valence-corrected chi connectivity index (χ3v) is 4.56. The first-order valence-corrected chi connectivity index (χ1v) is 9.05. The molecule has 2 aromatic rings. The van der Waals surface area contributed by atoms with E-state index in [9.17, 15) is 9.18 Å². The first-order chi connectivity index (χ1) is 11.7. The van der Waals surface area contributed by atoms with E-state index in [0.29, 0.717) is 18.1 Å². The highest BCUT2D eigenvalue weighted by Gasteiger charge is 2.04. The molecule has 1 N–H and O–H groups in total. The summed E-state index contributed by atoms with van der Waals surface area (Å²) in [5.74, 6) is 1.79. The lowest BCUT2D eigenvalue weighted by Crippen LogP contribution is -2.26. The molecule has 3 nitrogen and oxygen atoms in total. The smallest absolute Gasteiger partial charge is 0.230 e. The van der Waals surface area contributed by atoms with Crippen LogP contribution in [0.5, 0.6) is 5.75 Å². The van der Waals surface area contributed by atoms with Gasteiger partial charge < -0.3 is 10.1 Å². The van der Waals surface area contributed by atoms with Gasteiger partial charge in [-0.1, -0.05) is 30.3 Å². The average Bonchev–Trinajstić information content (AvgIpc) is 2.61. The van der Waals surface area contributed by atoms with Crippen LogP contribution in [0.25, 0.3) is 0 Å². The maximum Gasteiger partial charge on any atom is 0.230 e. The molecule has 0 saturated heterocycles. The number of para-hydroxylation sites is 1. The van der Waals surface area contributed by atoms with Crippen LogP contribution in [0, 0.1) is 5.82 Å². The number of hydrogen-bond donors (Lipinski definition) is 1. The summed E-state index contributed by atoms with van der Waals surface area (Å²) in [4.78, 5) is 11.8. The molecule has 0 aromatic heterocycles. The number of halogens is 1. The number of carbonyl (C=O) groups excluding carboxylic acids is 1. The maximum atomic E-state index is 12.8. The number of aryl methyl sites for hydroxylation is 1. The Bertz CT molecular complexity index is 646. The molecule has 0 spiro atoms. The standard InChI is InChI=1S/C19H22FNO2S/c1-23-18-7-3-2-5-16(18)6-4-12-21-19(22)14-24-13-15-8-10-17(20)11-9-15/h2-3,5,7-11H,4,6,12-14H2,1H3,(H,21,22). The molecule has 2 aromatic carbocycles. The van der Waals surface area contributed by atoms with Gasteiger partial charge in [-0.25, -0.2) is 4.39 Å². The fourth-order valence-electron chi connectivity index (χ4n) is 2.31. The lowest BCUT2D eigenvalue weighted by atomic mass is 10.1. The van der Waals surface area contributed by atoms with Gasteiger partial charge in [-0.15, -0.1) is 11.8 Å². The van der Waals surface area contributed by atoms with Gasteiger partial charge in [0.25, 0.3) is 0 Å². The van der Waals surface area contributed by atoms with Crippen molar-refractivity contribution < 1.29 is 13.9 Å². The second-order valence-corrected chi connectivity index (χ2v) is 6.37. The van der Waals surface area contributed by atoms with Crippen molar-refractivity contribution >= 4 is 17.7 Å². The number of thioether (sulfide) groups is 1. The molecular formula is C19H22FNO2S. The van der Waals surface area contributed by atoms with E-state index < -0.39 is 0 Å². The van der Waals surface area contributed by atoms with E-state index in [1.54, 1.807) is 19.2 Å². The third-order valence-electron chi connectivity index (χ3n) is 3.55. The Kier molecular flexibility index (Phi) is 7.62. The van der Waals surface area contributed by atoms with E-state index in [2.05, 4.69) is 5.32 Å². The minimum Gasteiger partial charge on any atom is -0.496 e. The molecule has 0 unspecified atom stereocenters. The fraction of sp³-hybridized carbons (Fsp3) is 0.316. The van der Waals surface area contributed by atoms with Crippen LogP contribution in [-0.4, -0.2) is 25.3 Å². The van der Waals surface area contributed by atoms with E-state index in [-0.39, 0.29) is 11.7 Å². The van der Waals surface area contributed by atoms with Crippen molar-refractivity contribution in [1.29, 1.82) is 0 Å². The number of hydrogen-bond acceptors (Lipinski definition) is 3. The molecule has 0 saturated carbocycles. The number of benzene rings is 2. The predicted molar refractivity (Wildman–Crippen MR) is 96.9 cm³/mol. The summed E-state index contributed by atoms with van der Waals surface area (Å²) < 4.78 is 18.1. The number of nitrogens with one attached hydrogen (secondary N) is 1. The first kappa shape index (κ1) is 18.3. The van der Waals surface area contributed by atoms with E-state index in [4.69, 9.17) is 4.74 Å². The molecule has 128 valence electrons. The predicted octanol–water partition coefficient (Wildman–Crippen LogP) is 3.82. The van der Waals surface area contributed by atoms with Crippen molar-refractivity contribution in [2.45, 2.75) is 18.6 Å². The minimum atomic E-state index is -0.239. The van der Waals surface area contributed by atoms with E-state index in [1.165, 1.54) is 23.9 Å². The summed E-state index contributed by atoms with van der Waals surface area (Å²) in [6, 6.07) is 14.3. The molecular weight excluding hydrogens is 325 g/mol. The summed E-state index contributed by atoms with van der Waals surface area (Å²) in [6.45, 7) is 0.647. The van der Waals surface area contributed by atoms with Crippen molar-refractivity contribution in [2.75, 3.05) is 19.4 Å². The van der Waals surface area contributed by atoms with Crippen LogP contribution < -0.4 is 10.1 Å². The van der Waals surface area contributed by atoms with Crippen molar-refractivity contribution in [3.63, 3.8) is 0 Å². The van der Waals surface area contributed by atoms with Crippen LogP contribution in [0.3, 0.4) is 0 Å². The van der Waals surface area contributed by atoms with Gasteiger partial charge >= 0.3 is 0 Å². The van der Waals surface area contributed by atoms with Gasteiger partial charge in [-0.2, -0.15) is 0 Å². The Balaban J connectivity index is 1.60. The Hall–Kier alpha value is -2.01. The molecule has 2 rings (SSSR count). The topological polar surface area (TPSA) is 38.3 Å². The maximum absolute atomic E-state index is 12.8. The largest absolute Gasteiger partial charge is 0.496 e. The number of amides is 1. The average molecular weight is 347 g/mol. The van der Waals surface area contributed by atoms with Gasteiger partial charge in [0.2, 0.25) is 5.91 Å². The quantitative estimate of drug-likeness (QED) is 0.701. The fourth-order valence-corrected chi connectivity index (χ4v) is 3.13. The Morgan fingerprint density at radius 2 is 1.92 bits per heavy atom. The lowest BCUT2D eigenvalue weighted by Gasteiger charge is -2.09. The summed E-state index contributed by atoms with van der Waals surface area (Å²) in [7, 11) is 1.67. The number of carbonyl (C=O) groups is 1. The van der Waals surface area contributed by atoms with Gasteiger partial charge in [0.1, 0.15) is 11.6 Å². The second-order valence-electron chi connectivity index (χ2n) is 5.38. The third kappa shape index (κ3) is 6.24. The van der Waals surface area contributed by atoms with Gasteiger partial charge in [0, 0.05) is 12.3 Å². The zero-order valence-electron chi connectivity index (χ0n) is 13.8. The van der Waals surface area contributed by atoms with Gasteiger partial charge in [-0.3, -0.25) is 4.79 Å².